The molecule has 1 aliphatic rings. The first kappa shape index (κ1) is 19.4. The largest absolute Gasteiger partial charge is 0.375 e. The summed E-state index contributed by atoms with van der Waals surface area (Å²) in [5.41, 5.74) is 1.59. The third-order valence-electron chi connectivity index (χ3n) is 4.48. The lowest BCUT2D eigenvalue weighted by atomic mass is 10.2. The van der Waals surface area contributed by atoms with Crippen LogP contribution >= 0.6 is 0 Å². The average Bonchev–Trinajstić information content (AvgIpc) is 3.49. The second-order valence-electron chi connectivity index (χ2n) is 6.79. The van der Waals surface area contributed by atoms with Crippen LogP contribution in [0.1, 0.15) is 29.6 Å². The van der Waals surface area contributed by atoms with Crippen LogP contribution in [0.25, 0.3) is 0 Å². The molecule has 0 atom stereocenters. The van der Waals surface area contributed by atoms with Crippen LogP contribution in [0.5, 0.6) is 0 Å². The molecule has 0 bridgehead atoms. The number of sulfonamides is 1. The zero-order valence-electron chi connectivity index (χ0n) is 15.4. The first-order valence-corrected chi connectivity index (χ1v) is 10.6. The number of anilines is 1. The molecule has 0 heterocycles. The van der Waals surface area contributed by atoms with Crippen molar-refractivity contribution in [2.45, 2.75) is 30.2 Å². The fourth-order valence-electron chi connectivity index (χ4n) is 2.71. The maximum atomic E-state index is 12.2. The van der Waals surface area contributed by atoms with E-state index in [1.165, 1.54) is 12.1 Å². The second kappa shape index (κ2) is 8.54. The van der Waals surface area contributed by atoms with Gasteiger partial charge in [0.1, 0.15) is 0 Å². The maximum Gasteiger partial charge on any atom is 0.251 e. The average molecular weight is 388 g/mol. The molecular formula is C20H25N3O3S. The lowest BCUT2D eigenvalue weighted by molar-refractivity contribution is 0.0953. The van der Waals surface area contributed by atoms with E-state index in [1.807, 2.05) is 37.4 Å². The number of rotatable bonds is 9. The minimum absolute atomic E-state index is 0.0620. The van der Waals surface area contributed by atoms with Crippen LogP contribution in [0.4, 0.5) is 5.69 Å². The standard InChI is InChI=1S/C20H25N3O3S/c1-23(18-6-3-2-4-7-18)15-5-14-21-20(24)16-8-12-19(13-9-16)27(25,26)22-17-10-11-17/h2-4,6-9,12-13,17,22H,5,10-11,14-15H2,1H3,(H,21,24). The van der Waals surface area contributed by atoms with Gasteiger partial charge in [-0.2, -0.15) is 0 Å². The SMILES string of the molecule is CN(CCCNC(=O)c1ccc(S(=O)(=O)NC2CC2)cc1)c1ccccc1. The summed E-state index contributed by atoms with van der Waals surface area (Å²) in [5.74, 6) is -0.198. The Labute approximate surface area is 160 Å². The number of nitrogens with one attached hydrogen (secondary N) is 2. The fraction of sp³-hybridized carbons (Fsp3) is 0.350. The van der Waals surface area contributed by atoms with Gasteiger partial charge in [-0.25, -0.2) is 13.1 Å². The van der Waals surface area contributed by atoms with E-state index in [1.54, 1.807) is 12.1 Å². The molecule has 0 unspecified atom stereocenters. The number of para-hydroxylation sites is 1. The highest BCUT2D eigenvalue weighted by atomic mass is 32.2. The molecule has 2 N–H and O–H groups in total. The summed E-state index contributed by atoms with van der Waals surface area (Å²) >= 11 is 0. The Hall–Kier alpha value is -2.38. The molecule has 144 valence electrons. The van der Waals surface area contributed by atoms with Crippen molar-refractivity contribution in [1.29, 1.82) is 0 Å². The topological polar surface area (TPSA) is 78.5 Å². The minimum atomic E-state index is -3.48. The van der Waals surface area contributed by atoms with Crippen molar-refractivity contribution < 1.29 is 13.2 Å². The number of amides is 1. The quantitative estimate of drug-likeness (QED) is 0.648. The van der Waals surface area contributed by atoms with Gasteiger partial charge in [0.05, 0.1) is 4.90 Å². The van der Waals surface area contributed by atoms with Crippen LogP contribution < -0.4 is 14.9 Å². The third-order valence-corrected chi connectivity index (χ3v) is 6.02. The fourth-order valence-corrected chi connectivity index (χ4v) is 4.01. The molecule has 2 aromatic rings. The summed E-state index contributed by atoms with van der Waals surface area (Å²) in [7, 11) is -1.46. The van der Waals surface area contributed by atoms with Crippen molar-refractivity contribution in [1.82, 2.24) is 10.0 Å². The van der Waals surface area contributed by atoms with E-state index in [0.29, 0.717) is 12.1 Å². The first-order valence-electron chi connectivity index (χ1n) is 9.12. The Kier molecular flexibility index (Phi) is 6.13. The minimum Gasteiger partial charge on any atom is -0.375 e. The molecule has 0 aromatic heterocycles. The maximum absolute atomic E-state index is 12.2. The van der Waals surface area contributed by atoms with E-state index in [9.17, 15) is 13.2 Å². The molecule has 0 aliphatic heterocycles. The molecule has 7 heteroatoms. The van der Waals surface area contributed by atoms with Crippen molar-refractivity contribution >= 4 is 21.6 Å². The molecule has 27 heavy (non-hydrogen) atoms. The van der Waals surface area contributed by atoms with Crippen LogP contribution in [0.3, 0.4) is 0 Å². The Morgan fingerprint density at radius 3 is 2.37 bits per heavy atom. The third kappa shape index (κ3) is 5.55. The van der Waals surface area contributed by atoms with E-state index < -0.39 is 10.0 Å². The van der Waals surface area contributed by atoms with Crippen molar-refractivity contribution in [3.8, 4) is 0 Å². The molecule has 3 rings (SSSR count). The predicted molar refractivity (Wildman–Crippen MR) is 106 cm³/mol. The highest BCUT2D eigenvalue weighted by Crippen LogP contribution is 2.22. The summed E-state index contributed by atoms with van der Waals surface area (Å²) in [6, 6.07) is 16.2. The molecule has 1 aliphatic carbocycles. The van der Waals surface area contributed by atoms with Gasteiger partial charge in [0.2, 0.25) is 10.0 Å². The van der Waals surface area contributed by atoms with Crippen molar-refractivity contribution in [3.63, 3.8) is 0 Å². The zero-order valence-corrected chi connectivity index (χ0v) is 16.2. The van der Waals surface area contributed by atoms with Crippen molar-refractivity contribution in [3.05, 3.63) is 60.2 Å². The van der Waals surface area contributed by atoms with Gasteiger partial charge in [-0.05, 0) is 55.7 Å². The molecule has 2 aromatic carbocycles. The molecule has 1 saturated carbocycles. The molecule has 0 saturated heterocycles. The number of carbonyl (C=O) groups is 1. The van der Waals surface area contributed by atoms with Crippen LogP contribution in [-0.2, 0) is 10.0 Å². The van der Waals surface area contributed by atoms with Gasteiger partial charge in [-0.15, -0.1) is 0 Å². The summed E-state index contributed by atoms with van der Waals surface area (Å²) < 4.78 is 26.9. The van der Waals surface area contributed by atoms with Crippen molar-refractivity contribution in [2.24, 2.45) is 0 Å². The molecule has 6 nitrogen and oxygen atoms in total. The first-order chi connectivity index (χ1) is 13.0. The van der Waals surface area contributed by atoms with Gasteiger partial charge in [0.15, 0.2) is 0 Å². The van der Waals surface area contributed by atoms with Crippen LogP contribution in [0.2, 0.25) is 0 Å². The smallest absolute Gasteiger partial charge is 0.251 e. The number of hydrogen-bond acceptors (Lipinski definition) is 4. The van der Waals surface area contributed by atoms with E-state index in [0.717, 1.165) is 31.5 Å². The van der Waals surface area contributed by atoms with Crippen LogP contribution in [0.15, 0.2) is 59.5 Å². The van der Waals surface area contributed by atoms with Gasteiger partial charge in [0.25, 0.3) is 5.91 Å². The number of carbonyl (C=O) groups excluding carboxylic acids is 1. The molecule has 0 radical (unpaired) electrons. The number of hydrogen-bond donors (Lipinski definition) is 2. The van der Waals surface area contributed by atoms with E-state index in [4.69, 9.17) is 0 Å². The molecular weight excluding hydrogens is 362 g/mol. The predicted octanol–water partition coefficient (Wildman–Crippen LogP) is 2.38. The van der Waals surface area contributed by atoms with Gasteiger partial charge in [-0.3, -0.25) is 4.79 Å². The second-order valence-corrected chi connectivity index (χ2v) is 8.50. The zero-order chi connectivity index (χ0) is 19.3. The molecule has 1 amide bonds. The Bertz CT molecular complexity index is 863. The summed E-state index contributed by atoms with van der Waals surface area (Å²) in [6.07, 6.45) is 2.59. The Morgan fingerprint density at radius 2 is 1.74 bits per heavy atom. The summed E-state index contributed by atoms with van der Waals surface area (Å²) in [5, 5.41) is 2.88. The van der Waals surface area contributed by atoms with Gasteiger partial charge in [0, 0.05) is 37.4 Å². The number of nitrogens with zero attached hydrogens (tertiary/aromatic N) is 1. The summed E-state index contributed by atoms with van der Waals surface area (Å²) in [4.78, 5) is 14.5. The summed E-state index contributed by atoms with van der Waals surface area (Å²) in [6.45, 7) is 1.38. The monoisotopic (exact) mass is 387 g/mol. The van der Waals surface area contributed by atoms with Gasteiger partial charge in [-0.1, -0.05) is 18.2 Å². The van der Waals surface area contributed by atoms with Gasteiger partial charge < -0.3 is 10.2 Å². The van der Waals surface area contributed by atoms with E-state index in [-0.39, 0.29) is 16.8 Å². The van der Waals surface area contributed by atoms with E-state index >= 15 is 0 Å². The van der Waals surface area contributed by atoms with E-state index in [2.05, 4.69) is 14.9 Å². The highest BCUT2D eigenvalue weighted by Gasteiger charge is 2.27. The van der Waals surface area contributed by atoms with Crippen molar-refractivity contribution in [2.75, 3.05) is 25.0 Å². The molecule has 0 spiro atoms. The van der Waals surface area contributed by atoms with Crippen LogP contribution in [-0.4, -0.2) is 40.5 Å². The Morgan fingerprint density at radius 1 is 1.07 bits per heavy atom. The normalized spacial score (nSPS) is 14.0. The van der Waals surface area contributed by atoms with Crippen LogP contribution in [0, 0.1) is 0 Å². The van der Waals surface area contributed by atoms with Gasteiger partial charge >= 0.3 is 0 Å². The lowest BCUT2D eigenvalue weighted by Gasteiger charge is -2.19. The molecule has 1 fully saturated rings. The Balaban J connectivity index is 1.45. The lowest BCUT2D eigenvalue weighted by Crippen LogP contribution is -2.28. The number of benzene rings is 2. The highest BCUT2D eigenvalue weighted by molar-refractivity contribution is 7.89.